The quantitative estimate of drug-likeness (QED) is 0.609. The molecule has 0 unspecified atom stereocenters. The average Bonchev–Trinajstić information content (AvgIpc) is 3.33. The number of rotatable bonds is 7. The van der Waals surface area contributed by atoms with Crippen molar-refractivity contribution in [1.82, 2.24) is 15.2 Å². The van der Waals surface area contributed by atoms with Crippen LogP contribution in [0.4, 0.5) is 0 Å². The average molecular weight is 422 g/mol. The van der Waals surface area contributed by atoms with Gasteiger partial charge in [0.2, 0.25) is 0 Å². The van der Waals surface area contributed by atoms with Gasteiger partial charge in [0.15, 0.2) is 0 Å². The van der Waals surface area contributed by atoms with Crippen LogP contribution < -0.4 is 10.1 Å². The number of piperidine rings is 1. The van der Waals surface area contributed by atoms with Crippen LogP contribution in [0.3, 0.4) is 0 Å². The monoisotopic (exact) mass is 421 g/mol. The predicted octanol–water partition coefficient (Wildman–Crippen LogP) is 4.54. The van der Waals surface area contributed by atoms with Gasteiger partial charge in [-0.25, -0.2) is 0 Å². The molecule has 5 nitrogen and oxygen atoms in total. The first-order valence-corrected chi connectivity index (χ1v) is 11.2. The van der Waals surface area contributed by atoms with Crippen molar-refractivity contribution >= 4 is 17.2 Å². The van der Waals surface area contributed by atoms with Crippen LogP contribution in [-0.2, 0) is 6.54 Å². The standard InChI is InChI=1S/C24H27N3O2S/c1-29-20-9-4-7-18(15-20)16-27-13-5-8-19(17-27)23(21-10-2-3-12-25-21)26-24(28)22-11-6-14-30-22/h2-4,6-7,9-12,14-15,19,23H,5,8,13,16-17H2,1H3,(H,26,28)/t19-,23-/m1/s1. The lowest BCUT2D eigenvalue weighted by Gasteiger charge is -2.37. The summed E-state index contributed by atoms with van der Waals surface area (Å²) < 4.78 is 5.37. The third-order valence-corrected chi connectivity index (χ3v) is 6.46. The fourth-order valence-electron chi connectivity index (χ4n) is 4.15. The van der Waals surface area contributed by atoms with Gasteiger partial charge in [0.25, 0.3) is 5.91 Å². The van der Waals surface area contributed by atoms with Crippen molar-refractivity contribution in [2.24, 2.45) is 5.92 Å². The van der Waals surface area contributed by atoms with E-state index >= 15 is 0 Å². The molecule has 0 spiro atoms. The van der Waals surface area contributed by atoms with E-state index < -0.39 is 0 Å². The maximum absolute atomic E-state index is 12.8. The second-order valence-corrected chi connectivity index (χ2v) is 8.62. The van der Waals surface area contributed by atoms with Crippen LogP contribution in [0.2, 0.25) is 0 Å². The first kappa shape index (κ1) is 20.6. The molecule has 30 heavy (non-hydrogen) atoms. The summed E-state index contributed by atoms with van der Waals surface area (Å²) >= 11 is 1.47. The SMILES string of the molecule is COc1cccc(CN2CCC[C@@H]([C@@H](NC(=O)c3cccs3)c3ccccn3)C2)c1. The molecule has 1 saturated heterocycles. The molecule has 0 bridgehead atoms. The number of carbonyl (C=O) groups excluding carboxylic acids is 1. The Morgan fingerprint density at radius 3 is 2.97 bits per heavy atom. The molecule has 0 saturated carbocycles. The molecule has 156 valence electrons. The minimum Gasteiger partial charge on any atom is -0.497 e. The zero-order chi connectivity index (χ0) is 20.8. The summed E-state index contributed by atoms with van der Waals surface area (Å²) in [4.78, 5) is 20.6. The number of hydrogen-bond donors (Lipinski definition) is 1. The zero-order valence-electron chi connectivity index (χ0n) is 17.2. The molecule has 6 heteroatoms. The van der Waals surface area contributed by atoms with E-state index in [0.717, 1.165) is 48.8 Å². The molecule has 4 rings (SSSR count). The topological polar surface area (TPSA) is 54.5 Å². The number of amides is 1. The third kappa shape index (κ3) is 5.07. The van der Waals surface area contributed by atoms with Crippen molar-refractivity contribution in [2.75, 3.05) is 20.2 Å². The molecule has 2 aromatic heterocycles. The van der Waals surface area contributed by atoms with Gasteiger partial charge in [-0.2, -0.15) is 0 Å². The molecule has 1 aromatic carbocycles. The van der Waals surface area contributed by atoms with Gasteiger partial charge < -0.3 is 10.1 Å². The Labute approximate surface area is 181 Å². The van der Waals surface area contributed by atoms with Gasteiger partial charge in [0.05, 0.1) is 23.7 Å². The van der Waals surface area contributed by atoms with Crippen molar-refractivity contribution in [3.05, 3.63) is 82.3 Å². The molecule has 1 aliphatic rings. The van der Waals surface area contributed by atoms with Crippen LogP contribution in [0, 0.1) is 5.92 Å². The summed E-state index contributed by atoms with van der Waals surface area (Å²) in [5.74, 6) is 1.17. The molecule has 1 aliphatic heterocycles. The number of hydrogen-bond acceptors (Lipinski definition) is 5. The Balaban J connectivity index is 1.50. The van der Waals surface area contributed by atoms with Crippen LogP contribution in [0.1, 0.15) is 39.8 Å². The third-order valence-electron chi connectivity index (χ3n) is 5.59. The highest BCUT2D eigenvalue weighted by atomic mass is 32.1. The van der Waals surface area contributed by atoms with Crippen molar-refractivity contribution in [3.63, 3.8) is 0 Å². The minimum atomic E-state index is -0.103. The van der Waals surface area contributed by atoms with Crippen LogP contribution in [0.5, 0.6) is 5.75 Å². The van der Waals surface area contributed by atoms with Crippen molar-refractivity contribution in [2.45, 2.75) is 25.4 Å². The molecule has 1 amide bonds. The summed E-state index contributed by atoms with van der Waals surface area (Å²) in [5, 5.41) is 5.20. The fourth-order valence-corrected chi connectivity index (χ4v) is 4.78. The van der Waals surface area contributed by atoms with E-state index in [1.807, 2.05) is 47.8 Å². The molecule has 0 radical (unpaired) electrons. The summed E-state index contributed by atoms with van der Waals surface area (Å²) in [6.07, 6.45) is 3.98. The van der Waals surface area contributed by atoms with Gasteiger partial charge in [-0.05, 0) is 66.6 Å². The largest absolute Gasteiger partial charge is 0.497 e. The van der Waals surface area contributed by atoms with Crippen molar-refractivity contribution in [3.8, 4) is 5.75 Å². The highest BCUT2D eigenvalue weighted by Crippen LogP contribution is 2.30. The Kier molecular flexibility index (Phi) is 6.77. The number of benzene rings is 1. The van der Waals surface area contributed by atoms with Crippen LogP contribution >= 0.6 is 11.3 Å². The van der Waals surface area contributed by atoms with Crippen molar-refractivity contribution < 1.29 is 9.53 Å². The summed E-state index contributed by atoms with van der Waals surface area (Å²) in [6, 6.07) is 17.8. The number of ether oxygens (including phenoxy) is 1. The van der Waals surface area contributed by atoms with E-state index in [4.69, 9.17) is 4.74 Å². The van der Waals surface area contributed by atoms with Gasteiger partial charge >= 0.3 is 0 Å². The minimum absolute atomic E-state index is 0.0226. The lowest BCUT2D eigenvalue weighted by molar-refractivity contribution is 0.0879. The Morgan fingerprint density at radius 1 is 1.27 bits per heavy atom. The van der Waals surface area contributed by atoms with Gasteiger partial charge in [0, 0.05) is 19.3 Å². The van der Waals surface area contributed by atoms with Crippen molar-refractivity contribution in [1.29, 1.82) is 0 Å². The maximum Gasteiger partial charge on any atom is 0.261 e. The zero-order valence-corrected chi connectivity index (χ0v) is 18.0. The Bertz CT molecular complexity index is 946. The van der Waals surface area contributed by atoms with Gasteiger partial charge in [0.1, 0.15) is 5.75 Å². The highest BCUT2D eigenvalue weighted by Gasteiger charge is 2.30. The van der Waals surface area contributed by atoms with E-state index in [1.54, 1.807) is 13.3 Å². The number of likely N-dealkylation sites (tertiary alicyclic amines) is 1. The smallest absolute Gasteiger partial charge is 0.261 e. The Hall–Kier alpha value is -2.70. The number of carbonyl (C=O) groups is 1. The van der Waals surface area contributed by atoms with E-state index in [0.29, 0.717) is 5.92 Å². The molecule has 3 aromatic rings. The van der Waals surface area contributed by atoms with E-state index in [2.05, 4.69) is 27.3 Å². The second-order valence-electron chi connectivity index (χ2n) is 7.67. The van der Waals surface area contributed by atoms with Crippen LogP contribution in [0.25, 0.3) is 0 Å². The fraction of sp³-hybridized carbons (Fsp3) is 0.333. The van der Waals surface area contributed by atoms with Gasteiger partial charge in [-0.1, -0.05) is 24.3 Å². The summed E-state index contributed by atoms with van der Waals surface area (Å²) in [7, 11) is 1.70. The molecule has 0 aliphatic carbocycles. The molecular formula is C24H27N3O2S. The highest BCUT2D eigenvalue weighted by molar-refractivity contribution is 7.12. The van der Waals surface area contributed by atoms with Gasteiger partial charge in [-0.15, -0.1) is 11.3 Å². The molecule has 3 heterocycles. The molecule has 1 N–H and O–H groups in total. The number of pyridine rings is 1. The maximum atomic E-state index is 12.8. The van der Waals surface area contributed by atoms with E-state index in [-0.39, 0.29) is 11.9 Å². The van der Waals surface area contributed by atoms with Gasteiger partial charge in [-0.3, -0.25) is 14.7 Å². The van der Waals surface area contributed by atoms with E-state index in [9.17, 15) is 4.79 Å². The molecular weight excluding hydrogens is 394 g/mol. The lowest BCUT2D eigenvalue weighted by atomic mass is 9.88. The molecule has 1 fully saturated rings. The Morgan fingerprint density at radius 2 is 2.20 bits per heavy atom. The van der Waals surface area contributed by atoms with Crippen LogP contribution in [0.15, 0.2) is 66.2 Å². The normalized spacial score (nSPS) is 18.0. The first-order chi connectivity index (χ1) is 14.7. The van der Waals surface area contributed by atoms with Crippen LogP contribution in [-0.4, -0.2) is 36.0 Å². The lowest BCUT2D eigenvalue weighted by Crippen LogP contribution is -2.42. The number of aromatic nitrogens is 1. The number of nitrogens with one attached hydrogen (secondary N) is 1. The molecule has 2 atom stereocenters. The summed E-state index contributed by atoms with van der Waals surface area (Å²) in [5.41, 5.74) is 2.17. The first-order valence-electron chi connectivity index (χ1n) is 10.3. The number of nitrogens with zero attached hydrogens (tertiary/aromatic N) is 2. The van der Waals surface area contributed by atoms with E-state index in [1.165, 1.54) is 16.9 Å². The number of methoxy groups -OCH3 is 1. The number of thiophene rings is 1. The summed E-state index contributed by atoms with van der Waals surface area (Å²) in [6.45, 7) is 2.85. The second kappa shape index (κ2) is 9.87. The predicted molar refractivity (Wildman–Crippen MR) is 120 cm³/mol.